The van der Waals surface area contributed by atoms with E-state index in [2.05, 4.69) is 84.9 Å². The van der Waals surface area contributed by atoms with Gasteiger partial charge in [-0.2, -0.15) is 0 Å². The van der Waals surface area contributed by atoms with Gasteiger partial charge in [-0.15, -0.1) is 0 Å². The van der Waals surface area contributed by atoms with Crippen LogP contribution in [-0.2, 0) is 0 Å². The van der Waals surface area contributed by atoms with Gasteiger partial charge in [-0.25, -0.2) is 29.9 Å². The van der Waals surface area contributed by atoms with Gasteiger partial charge in [-0.3, -0.25) is 0 Å². The van der Waals surface area contributed by atoms with Crippen LogP contribution in [0.2, 0.25) is 0 Å². The predicted molar refractivity (Wildman–Crippen MR) is 242 cm³/mol. The molecule has 10 rings (SSSR count). The molecule has 0 aliphatic rings. The quantitative estimate of drug-likeness (QED) is 0.145. The standard InChI is InChI=1S/C54H36N6/c1-7-19-37(20-8-1)45-33-31-43(53-57-49(39-23-11-3-12-24-39)55-50(58-53)40-25-13-4-14-26-40)35-47(45)48-36-44(32-34-46(48)38-21-9-2-10-22-38)54-59-51(41-27-15-5-16-28-41)56-52(60-54)42-29-17-6-18-30-42/h1-36H. The van der Waals surface area contributed by atoms with E-state index in [1.165, 1.54) is 0 Å². The van der Waals surface area contributed by atoms with Gasteiger partial charge in [0.2, 0.25) is 0 Å². The molecular weight excluding hydrogens is 733 g/mol. The van der Waals surface area contributed by atoms with Crippen LogP contribution in [0.25, 0.3) is 102 Å². The molecule has 0 spiro atoms. The molecule has 0 fully saturated rings. The molecule has 2 aromatic heterocycles. The van der Waals surface area contributed by atoms with Crippen molar-refractivity contribution in [2.45, 2.75) is 0 Å². The van der Waals surface area contributed by atoms with E-state index < -0.39 is 0 Å². The topological polar surface area (TPSA) is 77.3 Å². The van der Waals surface area contributed by atoms with Crippen LogP contribution in [0.15, 0.2) is 218 Å². The summed E-state index contributed by atoms with van der Waals surface area (Å²) in [6.07, 6.45) is 0. The highest BCUT2D eigenvalue weighted by Crippen LogP contribution is 2.42. The monoisotopic (exact) mass is 768 g/mol. The molecule has 0 atom stereocenters. The fourth-order valence-corrected chi connectivity index (χ4v) is 7.43. The second-order valence-corrected chi connectivity index (χ2v) is 14.3. The summed E-state index contributed by atoms with van der Waals surface area (Å²) in [5, 5.41) is 0. The van der Waals surface area contributed by atoms with Gasteiger partial charge in [0.05, 0.1) is 0 Å². The summed E-state index contributed by atoms with van der Waals surface area (Å²) in [5.74, 6) is 3.60. The van der Waals surface area contributed by atoms with Crippen molar-refractivity contribution < 1.29 is 0 Å². The zero-order chi connectivity index (χ0) is 40.1. The Labute approximate surface area is 348 Å². The summed E-state index contributed by atoms with van der Waals surface area (Å²) in [7, 11) is 0. The van der Waals surface area contributed by atoms with Crippen molar-refractivity contribution in [3.63, 3.8) is 0 Å². The molecule has 0 N–H and O–H groups in total. The Morgan fingerprint density at radius 3 is 0.633 bits per heavy atom. The van der Waals surface area contributed by atoms with Crippen LogP contribution in [0.4, 0.5) is 0 Å². The van der Waals surface area contributed by atoms with Crippen molar-refractivity contribution in [3.8, 4) is 102 Å². The first kappa shape index (κ1) is 36.1. The number of rotatable bonds is 9. The lowest BCUT2D eigenvalue weighted by Crippen LogP contribution is -2.01. The van der Waals surface area contributed by atoms with E-state index in [0.29, 0.717) is 34.9 Å². The Morgan fingerprint density at radius 2 is 0.383 bits per heavy atom. The lowest BCUT2D eigenvalue weighted by molar-refractivity contribution is 1.07. The van der Waals surface area contributed by atoms with Gasteiger partial charge < -0.3 is 0 Å². The normalized spacial score (nSPS) is 11.0. The van der Waals surface area contributed by atoms with Gasteiger partial charge in [-0.1, -0.05) is 206 Å². The third kappa shape index (κ3) is 7.49. The predicted octanol–water partition coefficient (Wildman–Crippen LogP) is 13.1. The maximum absolute atomic E-state index is 5.11. The van der Waals surface area contributed by atoms with Crippen molar-refractivity contribution in [1.82, 2.24) is 29.9 Å². The molecule has 0 radical (unpaired) electrons. The van der Waals surface area contributed by atoms with E-state index in [0.717, 1.165) is 66.8 Å². The molecule has 60 heavy (non-hydrogen) atoms. The molecule has 0 saturated carbocycles. The van der Waals surface area contributed by atoms with Gasteiger partial charge in [0.1, 0.15) is 0 Å². The van der Waals surface area contributed by atoms with Gasteiger partial charge in [0.15, 0.2) is 34.9 Å². The van der Waals surface area contributed by atoms with Gasteiger partial charge in [0, 0.05) is 33.4 Å². The molecule has 0 saturated heterocycles. The molecule has 0 amide bonds. The van der Waals surface area contributed by atoms with E-state index in [-0.39, 0.29) is 0 Å². The van der Waals surface area contributed by atoms with E-state index in [1.807, 2.05) is 133 Å². The van der Waals surface area contributed by atoms with Gasteiger partial charge in [-0.05, 0) is 45.5 Å². The molecule has 282 valence electrons. The Kier molecular flexibility index (Phi) is 9.84. The van der Waals surface area contributed by atoms with Crippen LogP contribution >= 0.6 is 0 Å². The number of nitrogens with zero attached hydrogens (tertiary/aromatic N) is 6. The highest BCUT2D eigenvalue weighted by atomic mass is 15.0. The van der Waals surface area contributed by atoms with Crippen LogP contribution in [0.3, 0.4) is 0 Å². The smallest absolute Gasteiger partial charge is 0.164 e. The third-order valence-corrected chi connectivity index (χ3v) is 10.4. The summed E-state index contributed by atoms with van der Waals surface area (Å²) < 4.78 is 0. The first-order valence-corrected chi connectivity index (χ1v) is 19.9. The number of benzene rings is 8. The second-order valence-electron chi connectivity index (χ2n) is 14.3. The summed E-state index contributed by atoms with van der Waals surface area (Å²) in [5.41, 5.74) is 11.7. The van der Waals surface area contributed by atoms with Crippen molar-refractivity contribution in [2.75, 3.05) is 0 Å². The first-order valence-electron chi connectivity index (χ1n) is 19.9. The fraction of sp³-hybridized carbons (Fsp3) is 0. The largest absolute Gasteiger partial charge is 0.208 e. The molecule has 0 bridgehead atoms. The summed E-state index contributed by atoms with van der Waals surface area (Å²) in [6.45, 7) is 0. The molecular formula is C54H36N6. The highest BCUT2D eigenvalue weighted by Gasteiger charge is 2.20. The first-order chi connectivity index (χ1) is 29.7. The number of hydrogen-bond donors (Lipinski definition) is 0. The zero-order valence-corrected chi connectivity index (χ0v) is 32.5. The molecule has 0 aliphatic carbocycles. The lowest BCUT2D eigenvalue weighted by Gasteiger charge is -2.18. The minimum Gasteiger partial charge on any atom is -0.208 e. The molecule has 0 aliphatic heterocycles. The molecule has 10 aromatic rings. The Hall–Kier alpha value is -8.22. The number of hydrogen-bond acceptors (Lipinski definition) is 6. The zero-order valence-electron chi connectivity index (χ0n) is 32.5. The van der Waals surface area contributed by atoms with Crippen LogP contribution in [0, 0.1) is 0 Å². The molecule has 6 heteroatoms. The SMILES string of the molecule is c1ccc(-c2nc(-c3ccccc3)nc(-c3ccc(-c4ccccc4)c(-c4cc(-c5nc(-c6ccccc6)nc(-c6ccccc6)n5)ccc4-c4ccccc4)c3)n2)cc1. The van der Waals surface area contributed by atoms with Crippen LogP contribution in [0.1, 0.15) is 0 Å². The average molecular weight is 769 g/mol. The van der Waals surface area contributed by atoms with E-state index in [4.69, 9.17) is 29.9 Å². The van der Waals surface area contributed by atoms with E-state index in [9.17, 15) is 0 Å². The highest BCUT2D eigenvalue weighted by molar-refractivity contribution is 5.95. The molecule has 6 nitrogen and oxygen atoms in total. The lowest BCUT2D eigenvalue weighted by atomic mass is 9.87. The van der Waals surface area contributed by atoms with Crippen molar-refractivity contribution in [1.29, 1.82) is 0 Å². The average Bonchev–Trinajstić information content (AvgIpc) is 3.35. The minimum atomic E-state index is 0.582. The molecule has 0 unspecified atom stereocenters. The molecule has 8 aromatic carbocycles. The van der Waals surface area contributed by atoms with E-state index in [1.54, 1.807) is 0 Å². The van der Waals surface area contributed by atoms with E-state index >= 15 is 0 Å². The fourth-order valence-electron chi connectivity index (χ4n) is 7.43. The van der Waals surface area contributed by atoms with Crippen molar-refractivity contribution in [3.05, 3.63) is 218 Å². The summed E-state index contributed by atoms with van der Waals surface area (Å²) >= 11 is 0. The van der Waals surface area contributed by atoms with Crippen LogP contribution < -0.4 is 0 Å². The minimum absolute atomic E-state index is 0.582. The Balaban J connectivity index is 1.21. The van der Waals surface area contributed by atoms with Crippen molar-refractivity contribution >= 4 is 0 Å². The summed E-state index contributed by atoms with van der Waals surface area (Å²) in [6, 6.07) is 74.3. The summed E-state index contributed by atoms with van der Waals surface area (Å²) in [4.78, 5) is 30.4. The Morgan fingerprint density at radius 1 is 0.167 bits per heavy atom. The second kappa shape index (κ2) is 16.3. The van der Waals surface area contributed by atoms with Crippen LogP contribution in [0.5, 0.6) is 0 Å². The maximum Gasteiger partial charge on any atom is 0.164 e. The van der Waals surface area contributed by atoms with Crippen molar-refractivity contribution in [2.24, 2.45) is 0 Å². The maximum atomic E-state index is 5.11. The van der Waals surface area contributed by atoms with Gasteiger partial charge in [0.25, 0.3) is 0 Å². The van der Waals surface area contributed by atoms with Crippen LogP contribution in [-0.4, -0.2) is 29.9 Å². The number of aromatic nitrogens is 6. The molecule has 2 heterocycles. The Bertz CT molecular complexity index is 2730. The van der Waals surface area contributed by atoms with Gasteiger partial charge >= 0.3 is 0 Å². The third-order valence-electron chi connectivity index (χ3n) is 10.4.